The normalized spacial score (nSPS) is 20.2. The highest BCUT2D eigenvalue weighted by molar-refractivity contribution is 5.97. The van der Waals surface area contributed by atoms with E-state index in [2.05, 4.69) is 16.0 Å². The van der Waals surface area contributed by atoms with E-state index in [1.807, 2.05) is 6.92 Å². The van der Waals surface area contributed by atoms with Crippen LogP contribution in [0.4, 0.5) is 0 Å². The zero-order chi connectivity index (χ0) is 38.0. The lowest BCUT2D eigenvalue weighted by Crippen LogP contribution is -2.60. The fourth-order valence-electron chi connectivity index (χ4n) is 6.35. The molecule has 0 aliphatic carbocycles. The van der Waals surface area contributed by atoms with Gasteiger partial charge < -0.3 is 46.8 Å². The predicted molar refractivity (Wildman–Crippen MR) is 184 cm³/mol. The first-order chi connectivity index (χ1) is 24.0. The van der Waals surface area contributed by atoms with E-state index in [9.17, 15) is 48.9 Å². The van der Waals surface area contributed by atoms with Crippen molar-refractivity contribution < 1.29 is 48.9 Å². The number of carboxylic acid groups (broad SMARTS) is 2. The molecule has 1 aromatic carbocycles. The molecule has 1 aromatic rings. The van der Waals surface area contributed by atoms with Crippen LogP contribution in [0.5, 0.6) is 5.75 Å². The van der Waals surface area contributed by atoms with Crippen molar-refractivity contribution in [3.63, 3.8) is 0 Å². The lowest BCUT2D eigenvalue weighted by atomic mass is 9.96. The maximum Gasteiger partial charge on any atom is 0.326 e. The van der Waals surface area contributed by atoms with Gasteiger partial charge in [0.15, 0.2) is 0 Å². The number of amides is 5. The Balaban J connectivity index is 1.75. The average Bonchev–Trinajstić information content (AvgIpc) is 3.79. The number of phenolic OH excluding ortho intramolecular Hbond substituents is 1. The highest BCUT2D eigenvalue weighted by Crippen LogP contribution is 2.24. The summed E-state index contributed by atoms with van der Waals surface area (Å²) in [7, 11) is 0. The van der Waals surface area contributed by atoms with Crippen LogP contribution in [-0.4, -0.2) is 116 Å². The number of hydrogen-bond acceptors (Lipinski definition) is 9. The zero-order valence-corrected chi connectivity index (χ0v) is 29.7. The van der Waals surface area contributed by atoms with Gasteiger partial charge in [0.2, 0.25) is 29.5 Å². The Kier molecular flexibility index (Phi) is 14.8. The van der Waals surface area contributed by atoms with Crippen LogP contribution in [0.2, 0.25) is 0 Å². The number of phenols is 1. The first-order valence-corrected chi connectivity index (χ1v) is 17.6. The van der Waals surface area contributed by atoms with Gasteiger partial charge in [0, 0.05) is 25.9 Å². The summed E-state index contributed by atoms with van der Waals surface area (Å²) in [6, 6.07) is -0.550. The third-order valence-electron chi connectivity index (χ3n) is 9.73. The van der Waals surface area contributed by atoms with E-state index in [0.717, 1.165) is 0 Å². The molecule has 0 bridgehead atoms. The molecular formula is C35H52N6O10. The molecule has 2 aliphatic rings. The number of carbonyl (C=O) groups excluding carboxylic acids is 5. The first-order valence-electron chi connectivity index (χ1n) is 17.6. The van der Waals surface area contributed by atoms with Gasteiger partial charge in [-0.15, -0.1) is 0 Å². The van der Waals surface area contributed by atoms with Crippen molar-refractivity contribution in [3.8, 4) is 5.75 Å². The highest BCUT2D eigenvalue weighted by Gasteiger charge is 2.43. The van der Waals surface area contributed by atoms with Crippen LogP contribution in [0.1, 0.15) is 78.2 Å². The Hall–Kier alpha value is -4.73. The first kappa shape index (κ1) is 40.7. The van der Waals surface area contributed by atoms with Crippen LogP contribution in [0.15, 0.2) is 24.3 Å². The van der Waals surface area contributed by atoms with E-state index in [0.29, 0.717) is 31.2 Å². The molecule has 5 amide bonds. The third kappa shape index (κ3) is 10.9. The van der Waals surface area contributed by atoms with Crippen LogP contribution in [-0.2, 0) is 40.0 Å². The van der Waals surface area contributed by atoms with Crippen molar-refractivity contribution in [1.29, 1.82) is 0 Å². The summed E-state index contributed by atoms with van der Waals surface area (Å²) in [6.07, 6.45) is 1.33. The molecule has 282 valence electrons. The second kappa shape index (κ2) is 18.5. The van der Waals surface area contributed by atoms with Crippen LogP contribution in [0.25, 0.3) is 0 Å². The maximum absolute atomic E-state index is 14.1. The number of hydrogen-bond donors (Lipinski definition) is 7. The van der Waals surface area contributed by atoms with Crippen molar-refractivity contribution in [1.82, 2.24) is 25.8 Å². The van der Waals surface area contributed by atoms with E-state index < -0.39 is 84.1 Å². The van der Waals surface area contributed by atoms with E-state index in [1.54, 1.807) is 32.9 Å². The Morgan fingerprint density at radius 1 is 0.824 bits per heavy atom. The topological polar surface area (TPSA) is 249 Å². The lowest BCUT2D eigenvalue weighted by Gasteiger charge is -2.34. The van der Waals surface area contributed by atoms with E-state index in [4.69, 9.17) is 5.73 Å². The molecule has 0 aromatic heterocycles. The predicted octanol–water partition coefficient (Wildman–Crippen LogP) is 0.350. The monoisotopic (exact) mass is 716 g/mol. The molecular weight excluding hydrogens is 664 g/mol. The lowest BCUT2D eigenvalue weighted by molar-refractivity contribution is -0.146. The molecule has 0 unspecified atom stereocenters. The summed E-state index contributed by atoms with van der Waals surface area (Å²) in [4.78, 5) is 93.8. The number of aromatic hydroxyl groups is 1. The van der Waals surface area contributed by atoms with Gasteiger partial charge in [0.05, 0.1) is 6.04 Å². The smallest absolute Gasteiger partial charge is 0.326 e. The van der Waals surface area contributed by atoms with E-state index >= 15 is 0 Å². The molecule has 0 radical (unpaired) electrons. The molecule has 2 aliphatic heterocycles. The molecule has 51 heavy (non-hydrogen) atoms. The second-order valence-electron chi connectivity index (χ2n) is 13.8. The van der Waals surface area contributed by atoms with Crippen molar-refractivity contribution in [3.05, 3.63) is 29.8 Å². The van der Waals surface area contributed by atoms with Gasteiger partial charge in [-0.2, -0.15) is 0 Å². The molecule has 2 heterocycles. The van der Waals surface area contributed by atoms with Crippen molar-refractivity contribution in [2.45, 2.75) is 115 Å². The van der Waals surface area contributed by atoms with Crippen molar-refractivity contribution in [2.24, 2.45) is 17.6 Å². The number of nitrogens with two attached hydrogens (primary N) is 1. The number of benzene rings is 1. The molecule has 16 nitrogen and oxygen atoms in total. The standard InChI is InChI=1S/C35H52N6O10/c1-5-20(4)29(34(49)41-17-7-8-25(41)30(45)38-24(35(50)51)18-21-10-12-22(42)13-11-21)39-31(46)26-9-6-16-40(26)33(48)23(14-15-27(43)44)37-32(47)28(36)19(2)3/h10-13,19-20,23-26,28-29,42H,5-9,14-18,36H2,1-4H3,(H,37,47)(H,38,45)(H,39,46)(H,43,44)(H,50,51)/t20-,23-,24-,25-,26-,28-,29-/m0/s1. The summed E-state index contributed by atoms with van der Waals surface area (Å²) >= 11 is 0. The van der Waals surface area contributed by atoms with Gasteiger partial charge in [0.1, 0.15) is 36.0 Å². The van der Waals surface area contributed by atoms with Crippen LogP contribution >= 0.6 is 0 Å². The number of carbonyl (C=O) groups is 7. The van der Waals surface area contributed by atoms with Crippen LogP contribution in [0, 0.1) is 11.8 Å². The number of nitrogens with zero attached hydrogens (tertiary/aromatic N) is 2. The largest absolute Gasteiger partial charge is 0.508 e. The minimum Gasteiger partial charge on any atom is -0.508 e. The summed E-state index contributed by atoms with van der Waals surface area (Å²) in [5.41, 5.74) is 6.54. The molecule has 0 spiro atoms. The van der Waals surface area contributed by atoms with E-state index in [1.165, 1.54) is 21.9 Å². The Labute approximate surface area is 297 Å². The van der Waals surface area contributed by atoms with Gasteiger partial charge in [-0.25, -0.2) is 4.79 Å². The number of carboxylic acids is 2. The van der Waals surface area contributed by atoms with Crippen molar-refractivity contribution >= 4 is 41.5 Å². The second-order valence-corrected chi connectivity index (χ2v) is 13.8. The average molecular weight is 717 g/mol. The fourth-order valence-corrected chi connectivity index (χ4v) is 6.35. The molecule has 8 N–H and O–H groups in total. The van der Waals surface area contributed by atoms with Crippen molar-refractivity contribution in [2.75, 3.05) is 13.1 Å². The van der Waals surface area contributed by atoms with Gasteiger partial charge >= 0.3 is 11.9 Å². The molecule has 2 saturated heterocycles. The van der Waals surface area contributed by atoms with Gasteiger partial charge in [-0.3, -0.25) is 28.8 Å². The van der Waals surface area contributed by atoms with Gasteiger partial charge in [0.25, 0.3) is 0 Å². The number of aliphatic carboxylic acids is 2. The fraction of sp³-hybridized carbons (Fsp3) is 0.629. The molecule has 16 heteroatoms. The van der Waals surface area contributed by atoms with Crippen LogP contribution in [0.3, 0.4) is 0 Å². The minimum absolute atomic E-state index is 0.0145. The quantitative estimate of drug-likeness (QED) is 0.116. The summed E-state index contributed by atoms with van der Waals surface area (Å²) < 4.78 is 0. The molecule has 0 saturated carbocycles. The van der Waals surface area contributed by atoms with E-state index in [-0.39, 0.29) is 49.9 Å². The number of nitrogens with one attached hydrogen (secondary N) is 3. The highest BCUT2D eigenvalue weighted by atomic mass is 16.4. The zero-order valence-electron chi connectivity index (χ0n) is 29.7. The van der Waals surface area contributed by atoms with Gasteiger partial charge in [-0.1, -0.05) is 46.2 Å². The molecule has 3 rings (SSSR count). The Morgan fingerprint density at radius 3 is 1.88 bits per heavy atom. The molecule has 2 fully saturated rings. The SMILES string of the molecule is CC[C@H](C)[C@H](NC(=O)[C@@H]1CCCN1C(=O)[C@H](CCC(=O)O)NC(=O)[C@@H](N)C(C)C)C(=O)N1CCC[C@H]1C(=O)N[C@@H](Cc1ccc(O)cc1)C(=O)O. The minimum atomic E-state index is -1.29. The third-order valence-corrected chi connectivity index (χ3v) is 9.73. The maximum atomic E-state index is 14.1. The molecule has 7 atom stereocenters. The number of likely N-dealkylation sites (tertiary alicyclic amines) is 2. The van der Waals surface area contributed by atoms with Crippen LogP contribution < -0.4 is 21.7 Å². The summed E-state index contributed by atoms with van der Waals surface area (Å²) in [5, 5.41) is 36.6. The Morgan fingerprint density at radius 2 is 1.37 bits per heavy atom. The number of rotatable bonds is 17. The van der Waals surface area contributed by atoms with Gasteiger partial charge in [-0.05, 0) is 61.6 Å². The Bertz CT molecular complexity index is 1440. The summed E-state index contributed by atoms with van der Waals surface area (Å²) in [5.74, 6) is -6.01. The summed E-state index contributed by atoms with van der Waals surface area (Å²) in [6.45, 7) is 7.48.